The average molecular weight is 365 g/mol. The monoisotopic (exact) mass is 365 g/mol. The molecular formula is C21H23N3O3. The molecule has 140 valence electrons. The zero-order valence-corrected chi connectivity index (χ0v) is 15.3. The summed E-state index contributed by atoms with van der Waals surface area (Å²) in [5, 5.41) is 12.8. The van der Waals surface area contributed by atoms with Crippen LogP contribution in [0.15, 0.2) is 34.9 Å². The fraction of sp³-hybridized carbons (Fsp3) is 0.476. The Morgan fingerprint density at radius 3 is 2.63 bits per heavy atom. The van der Waals surface area contributed by atoms with Crippen molar-refractivity contribution in [2.45, 2.75) is 38.2 Å². The molecule has 1 amide bonds. The number of hydrogen-bond acceptors (Lipinski definition) is 5. The second-order valence-corrected chi connectivity index (χ2v) is 7.45. The summed E-state index contributed by atoms with van der Waals surface area (Å²) >= 11 is 0. The van der Waals surface area contributed by atoms with E-state index in [4.69, 9.17) is 14.5 Å². The van der Waals surface area contributed by atoms with Gasteiger partial charge in [-0.2, -0.15) is 5.26 Å². The number of aromatic nitrogens is 1. The molecule has 0 N–H and O–H groups in total. The SMILES string of the molecule is N#Cc1ccc(COCC2CCN(C(=O)c3cc(C4CC4)on3)CC2)cc1. The van der Waals surface area contributed by atoms with E-state index in [0.717, 1.165) is 50.1 Å². The Kier molecular flexibility index (Phi) is 5.21. The molecule has 1 saturated carbocycles. The van der Waals surface area contributed by atoms with Crippen LogP contribution in [-0.2, 0) is 11.3 Å². The average Bonchev–Trinajstić information content (AvgIpc) is 3.45. The highest BCUT2D eigenvalue weighted by Crippen LogP contribution is 2.40. The molecule has 0 unspecified atom stereocenters. The summed E-state index contributed by atoms with van der Waals surface area (Å²) < 4.78 is 11.1. The predicted octanol–water partition coefficient (Wildman–Crippen LogP) is 3.49. The molecule has 0 bridgehead atoms. The zero-order valence-electron chi connectivity index (χ0n) is 15.3. The van der Waals surface area contributed by atoms with Gasteiger partial charge in [0.15, 0.2) is 5.69 Å². The molecule has 2 fully saturated rings. The van der Waals surface area contributed by atoms with E-state index in [0.29, 0.717) is 36.3 Å². The molecular weight excluding hydrogens is 342 g/mol. The van der Waals surface area contributed by atoms with Crippen LogP contribution in [0.2, 0.25) is 0 Å². The highest BCUT2D eigenvalue weighted by atomic mass is 16.5. The van der Waals surface area contributed by atoms with E-state index in [1.54, 1.807) is 12.1 Å². The van der Waals surface area contributed by atoms with Crippen molar-refractivity contribution >= 4 is 5.91 Å². The summed E-state index contributed by atoms with van der Waals surface area (Å²) in [6, 6.07) is 11.4. The van der Waals surface area contributed by atoms with Crippen molar-refractivity contribution in [1.82, 2.24) is 10.1 Å². The summed E-state index contributed by atoms with van der Waals surface area (Å²) in [6.45, 7) is 2.70. The van der Waals surface area contributed by atoms with Crippen LogP contribution in [0.3, 0.4) is 0 Å². The highest BCUT2D eigenvalue weighted by molar-refractivity contribution is 5.92. The van der Waals surface area contributed by atoms with Crippen LogP contribution < -0.4 is 0 Å². The first-order valence-corrected chi connectivity index (χ1v) is 9.55. The van der Waals surface area contributed by atoms with Gasteiger partial charge in [0, 0.05) is 31.7 Å². The van der Waals surface area contributed by atoms with Gasteiger partial charge in [0.05, 0.1) is 18.2 Å². The van der Waals surface area contributed by atoms with Crippen LogP contribution in [0, 0.1) is 17.2 Å². The Balaban J connectivity index is 1.20. The number of rotatable bonds is 6. The molecule has 1 saturated heterocycles. The normalized spacial score (nSPS) is 17.7. The third kappa shape index (κ3) is 4.37. The van der Waals surface area contributed by atoms with Gasteiger partial charge >= 0.3 is 0 Å². The summed E-state index contributed by atoms with van der Waals surface area (Å²) in [5.41, 5.74) is 2.17. The molecule has 2 aromatic rings. The van der Waals surface area contributed by atoms with E-state index in [9.17, 15) is 4.79 Å². The molecule has 6 heteroatoms. The molecule has 4 rings (SSSR count). The summed E-state index contributed by atoms with van der Waals surface area (Å²) in [5.74, 6) is 1.76. The maximum atomic E-state index is 12.6. The van der Waals surface area contributed by atoms with E-state index >= 15 is 0 Å². The van der Waals surface area contributed by atoms with Gasteiger partial charge in [0.25, 0.3) is 5.91 Å². The topological polar surface area (TPSA) is 79.4 Å². The number of nitriles is 1. The first-order chi connectivity index (χ1) is 13.2. The molecule has 1 aromatic heterocycles. The van der Waals surface area contributed by atoms with Gasteiger partial charge in [0.2, 0.25) is 0 Å². The highest BCUT2D eigenvalue weighted by Gasteiger charge is 2.31. The van der Waals surface area contributed by atoms with E-state index in [-0.39, 0.29) is 5.91 Å². The minimum absolute atomic E-state index is 0.0254. The van der Waals surface area contributed by atoms with Crippen molar-refractivity contribution in [2.24, 2.45) is 5.92 Å². The van der Waals surface area contributed by atoms with Gasteiger partial charge in [-0.25, -0.2) is 0 Å². The molecule has 27 heavy (non-hydrogen) atoms. The number of hydrogen-bond donors (Lipinski definition) is 0. The first kappa shape index (κ1) is 17.7. The number of amides is 1. The van der Waals surface area contributed by atoms with Crippen molar-refractivity contribution in [2.75, 3.05) is 19.7 Å². The predicted molar refractivity (Wildman–Crippen MR) is 97.9 cm³/mol. The third-order valence-electron chi connectivity index (χ3n) is 5.33. The Morgan fingerprint density at radius 1 is 1.22 bits per heavy atom. The van der Waals surface area contributed by atoms with Gasteiger partial charge < -0.3 is 14.2 Å². The number of carbonyl (C=O) groups excluding carboxylic acids is 1. The van der Waals surface area contributed by atoms with E-state index in [2.05, 4.69) is 11.2 Å². The number of nitrogens with zero attached hydrogens (tertiary/aromatic N) is 3. The van der Waals surface area contributed by atoms with Crippen LogP contribution in [0.5, 0.6) is 0 Å². The molecule has 2 heterocycles. The fourth-order valence-corrected chi connectivity index (χ4v) is 3.43. The minimum atomic E-state index is -0.0254. The second-order valence-electron chi connectivity index (χ2n) is 7.45. The Hall–Kier alpha value is -2.65. The minimum Gasteiger partial charge on any atom is -0.376 e. The first-order valence-electron chi connectivity index (χ1n) is 9.55. The number of piperidine rings is 1. The van der Waals surface area contributed by atoms with E-state index in [1.165, 1.54) is 0 Å². The van der Waals surface area contributed by atoms with Gasteiger partial charge in [-0.05, 0) is 49.3 Å². The van der Waals surface area contributed by atoms with Crippen molar-refractivity contribution in [3.05, 3.63) is 52.9 Å². The van der Waals surface area contributed by atoms with Crippen molar-refractivity contribution in [3.8, 4) is 6.07 Å². The molecule has 0 radical (unpaired) electrons. The lowest BCUT2D eigenvalue weighted by Gasteiger charge is -2.31. The Labute approximate surface area is 158 Å². The maximum Gasteiger partial charge on any atom is 0.276 e. The smallest absolute Gasteiger partial charge is 0.276 e. The molecule has 1 aliphatic heterocycles. The lowest BCUT2D eigenvalue weighted by atomic mass is 9.97. The van der Waals surface area contributed by atoms with Gasteiger partial charge in [-0.15, -0.1) is 0 Å². The zero-order chi connectivity index (χ0) is 18.6. The van der Waals surface area contributed by atoms with Gasteiger partial charge in [-0.3, -0.25) is 4.79 Å². The van der Waals surface area contributed by atoms with E-state index in [1.807, 2.05) is 23.1 Å². The molecule has 6 nitrogen and oxygen atoms in total. The van der Waals surface area contributed by atoms with Crippen molar-refractivity contribution in [1.29, 1.82) is 5.26 Å². The van der Waals surface area contributed by atoms with Crippen LogP contribution in [0.4, 0.5) is 0 Å². The summed E-state index contributed by atoms with van der Waals surface area (Å²) in [4.78, 5) is 14.4. The Bertz CT molecular complexity index is 825. The molecule has 1 aromatic carbocycles. The Morgan fingerprint density at radius 2 is 1.96 bits per heavy atom. The van der Waals surface area contributed by atoms with Crippen LogP contribution >= 0.6 is 0 Å². The quantitative estimate of drug-likeness (QED) is 0.783. The fourth-order valence-electron chi connectivity index (χ4n) is 3.43. The number of benzene rings is 1. The van der Waals surface area contributed by atoms with Crippen LogP contribution in [0.25, 0.3) is 0 Å². The van der Waals surface area contributed by atoms with Crippen LogP contribution in [-0.4, -0.2) is 35.7 Å². The summed E-state index contributed by atoms with van der Waals surface area (Å²) in [7, 11) is 0. The van der Waals surface area contributed by atoms with Gasteiger partial charge in [-0.1, -0.05) is 17.3 Å². The van der Waals surface area contributed by atoms with Crippen LogP contribution in [0.1, 0.15) is 59.0 Å². The molecule has 0 spiro atoms. The third-order valence-corrected chi connectivity index (χ3v) is 5.33. The second kappa shape index (κ2) is 7.93. The maximum absolute atomic E-state index is 12.6. The number of ether oxygens (including phenoxy) is 1. The van der Waals surface area contributed by atoms with Crippen molar-refractivity contribution < 1.29 is 14.1 Å². The molecule has 1 aliphatic carbocycles. The summed E-state index contributed by atoms with van der Waals surface area (Å²) in [6.07, 6.45) is 4.15. The molecule has 0 atom stereocenters. The standard InChI is InChI=1S/C21H23N3O3/c22-12-15-1-3-16(4-2-15)13-26-14-17-7-9-24(10-8-17)21(25)19-11-20(27-23-19)18-5-6-18/h1-4,11,17-18H,5-10,13-14H2. The lowest BCUT2D eigenvalue weighted by Crippen LogP contribution is -2.39. The van der Waals surface area contributed by atoms with Crippen molar-refractivity contribution in [3.63, 3.8) is 0 Å². The van der Waals surface area contributed by atoms with Gasteiger partial charge in [0.1, 0.15) is 5.76 Å². The largest absolute Gasteiger partial charge is 0.376 e. The molecule has 2 aliphatic rings. The lowest BCUT2D eigenvalue weighted by molar-refractivity contribution is 0.0473. The number of likely N-dealkylation sites (tertiary alicyclic amines) is 1. The number of carbonyl (C=O) groups is 1. The van der Waals surface area contributed by atoms with E-state index < -0.39 is 0 Å².